The maximum atomic E-state index is 5.47. The third-order valence-corrected chi connectivity index (χ3v) is 4.93. The second-order valence-electron chi connectivity index (χ2n) is 4.00. The van der Waals surface area contributed by atoms with Gasteiger partial charge in [-0.2, -0.15) is 0 Å². The van der Waals surface area contributed by atoms with Gasteiger partial charge in [0, 0.05) is 8.04 Å². The van der Waals surface area contributed by atoms with Crippen molar-refractivity contribution in [3.05, 3.63) is 38.1 Å². The average Bonchev–Trinajstić information content (AvgIpc) is 2.82. The van der Waals surface area contributed by atoms with Crippen LogP contribution >= 0.6 is 38.5 Å². The average molecular weight is 421 g/mol. The number of nitrogens with two attached hydrogens (primary N) is 1. The lowest BCUT2D eigenvalue weighted by atomic mass is 10.2. The minimum Gasteiger partial charge on any atom is -0.330 e. The van der Waals surface area contributed by atoms with Crippen LogP contribution in [0, 0.1) is 3.57 Å². The molecule has 6 heteroatoms. The van der Waals surface area contributed by atoms with Crippen molar-refractivity contribution in [1.29, 1.82) is 0 Å². The number of aromatic nitrogens is 3. The highest BCUT2D eigenvalue weighted by Crippen LogP contribution is 2.22. The van der Waals surface area contributed by atoms with Gasteiger partial charge in [-0.3, -0.25) is 0 Å². The fourth-order valence-electron chi connectivity index (χ4n) is 1.62. The van der Waals surface area contributed by atoms with Crippen LogP contribution in [-0.4, -0.2) is 21.5 Å². The topological polar surface area (TPSA) is 56.7 Å². The van der Waals surface area contributed by atoms with Crippen LogP contribution in [0.4, 0.5) is 0 Å². The normalized spacial score (nSPS) is 10.8. The van der Waals surface area contributed by atoms with Gasteiger partial charge in [0.15, 0.2) is 0 Å². The zero-order valence-electron chi connectivity index (χ0n) is 9.81. The Morgan fingerprint density at radius 3 is 2.89 bits per heavy atom. The van der Waals surface area contributed by atoms with Crippen molar-refractivity contribution < 1.29 is 0 Å². The van der Waals surface area contributed by atoms with Gasteiger partial charge in [0.2, 0.25) is 0 Å². The molecule has 96 valence electrons. The quantitative estimate of drug-likeness (QED) is 0.597. The fraction of sp³-hybridized carbons (Fsp3) is 0.333. The Bertz CT molecular complexity index is 527. The number of unbranched alkanes of at least 4 members (excludes halogenated alkanes) is 1. The Morgan fingerprint density at radius 2 is 2.17 bits per heavy atom. The maximum absolute atomic E-state index is 5.47. The van der Waals surface area contributed by atoms with E-state index in [4.69, 9.17) is 5.73 Å². The van der Waals surface area contributed by atoms with Gasteiger partial charge in [-0.1, -0.05) is 5.21 Å². The number of rotatable bonds is 5. The standard InChI is InChI=1S/C12H14BrIN4/c13-11-7-10(4-5-12(11)14)18-8-9(16-17-18)3-1-2-6-15/h4-5,7-8H,1-3,6,15H2. The van der Waals surface area contributed by atoms with E-state index in [1.807, 2.05) is 18.3 Å². The Balaban J connectivity index is 2.11. The van der Waals surface area contributed by atoms with Crippen molar-refractivity contribution in [2.75, 3.05) is 6.54 Å². The van der Waals surface area contributed by atoms with Gasteiger partial charge < -0.3 is 5.73 Å². The van der Waals surface area contributed by atoms with Gasteiger partial charge in [0.05, 0.1) is 17.6 Å². The molecule has 0 atom stereocenters. The largest absolute Gasteiger partial charge is 0.330 e. The lowest BCUT2D eigenvalue weighted by Crippen LogP contribution is -1.99. The molecule has 1 heterocycles. The van der Waals surface area contributed by atoms with E-state index in [0.29, 0.717) is 0 Å². The van der Waals surface area contributed by atoms with Crippen molar-refractivity contribution in [2.45, 2.75) is 19.3 Å². The number of hydrogen-bond donors (Lipinski definition) is 1. The van der Waals surface area contributed by atoms with Crippen LogP contribution in [0.3, 0.4) is 0 Å². The molecule has 0 bridgehead atoms. The number of benzene rings is 1. The number of aryl methyl sites for hydroxylation is 1. The summed E-state index contributed by atoms with van der Waals surface area (Å²) in [5, 5.41) is 8.32. The van der Waals surface area contributed by atoms with Gasteiger partial charge >= 0.3 is 0 Å². The minimum absolute atomic E-state index is 0.734. The monoisotopic (exact) mass is 420 g/mol. The molecule has 0 fully saturated rings. The third-order valence-electron chi connectivity index (χ3n) is 2.60. The summed E-state index contributed by atoms with van der Waals surface area (Å²) in [6, 6.07) is 6.13. The van der Waals surface area contributed by atoms with Gasteiger partial charge in [-0.15, -0.1) is 5.10 Å². The van der Waals surface area contributed by atoms with E-state index in [1.165, 1.54) is 3.57 Å². The molecule has 0 radical (unpaired) electrons. The molecule has 0 saturated carbocycles. The molecule has 2 aromatic rings. The molecule has 0 aliphatic carbocycles. The summed E-state index contributed by atoms with van der Waals surface area (Å²) in [5.74, 6) is 0. The molecule has 0 amide bonds. The Morgan fingerprint density at radius 1 is 1.33 bits per heavy atom. The predicted octanol–water partition coefficient (Wildman–Crippen LogP) is 2.92. The lowest BCUT2D eigenvalue weighted by molar-refractivity contribution is 0.727. The molecule has 0 spiro atoms. The van der Waals surface area contributed by atoms with Crippen LogP contribution in [0.5, 0.6) is 0 Å². The molecular formula is C12H14BrIN4. The van der Waals surface area contributed by atoms with Gasteiger partial charge in [0.1, 0.15) is 0 Å². The van der Waals surface area contributed by atoms with E-state index in [1.54, 1.807) is 4.68 Å². The Labute approximate surface area is 128 Å². The van der Waals surface area contributed by atoms with Crippen LogP contribution in [0.2, 0.25) is 0 Å². The van der Waals surface area contributed by atoms with Crippen LogP contribution < -0.4 is 5.73 Å². The number of hydrogen-bond acceptors (Lipinski definition) is 3. The summed E-state index contributed by atoms with van der Waals surface area (Å²) in [6.07, 6.45) is 5.00. The minimum atomic E-state index is 0.734. The molecule has 2 rings (SSSR count). The van der Waals surface area contributed by atoms with Crippen LogP contribution in [0.1, 0.15) is 18.5 Å². The number of halogens is 2. The van der Waals surface area contributed by atoms with Gasteiger partial charge in [0.25, 0.3) is 0 Å². The van der Waals surface area contributed by atoms with E-state index in [-0.39, 0.29) is 0 Å². The van der Waals surface area contributed by atoms with Crippen LogP contribution in [0.15, 0.2) is 28.9 Å². The second kappa shape index (κ2) is 6.63. The fourth-order valence-corrected chi connectivity index (χ4v) is 2.32. The zero-order chi connectivity index (χ0) is 13.0. The maximum Gasteiger partial charge on any atom is 0.0831 e. The molecule has 1 aromatic heterocycles. The Kier molecular flexibility index (Phi) is 5.13. The molecule has 0 saturated heterocycles. The molecule has 0 aliphatic heterocycles. The summed E-state index contributed by atoms with van der Waals surface area (Å²) in [7, 11) is 0. The van der Waals surface area contributed by atoms with Crippen LogP contribution in [0.25, 0.3) is 5.69 Å². The van der Waals surface area contributed by atoms with E-state index in [9.17, 15) is 0 Å². The van der Waals surface area contributed by atoms with Crippen LogP contribution in [-0.2, 0) is 6.42 Å². The second-order valence-corrected chi connectivity index (χ2v) is 6.02. The highest BCUT2D eigenvalue weighted by atomic mass is 127. The summed E-state index contributed by atoms with van der Waals surface area (Å²) in [4.78, 5) is 0. The van der Waals surface area contributed by atoms with Crippen molar-refractivity contribution in [1.82, 2.24) is 15.0 Å². The highest BCUT2D eigenvalue weighted by molar-refractivity contribution is 14.1. The zero-order valence-corrected chi connectivity index (χ0v) is 13.6. The van der Waals surface area contributed by atoms with Crippen molar-refractivity contribution in [3.63, 3.8) is 0 Å². The number of nitrogens with zero attached hydrogens (tertiary/aromatic N) is 3. The van der Waals surface area contributed by atoms with Crippen molar-refractivity contribution in [3.8, 4) is 5.69 Å². The summed E-state index contributed by atoms with van der Waals surface area (Å²) in [6.45, 7) is 0.734. The van der Waals surface area contributed by atoms with Gasteiger partial charge in [-0.25, -0.2) is 4.68 Å². The molecule has 18 heavy (non-hydrogen) atoms. The molecule has 0 aliphatic rings. The van der Waals surface area contributed by atoms with E-state index < -0.39 is 0 Å². The molecule has 1 aromatic carbocycles. The first-order valence-electron chi connectivity index (χ1n) is 5.77. The molecular weight excluding hydrogens is 407 g/mol. The first-order valence-corrected chi connectivity index (χ1v) is 7.64. The van der Waals surface area contributed by atoms with E-state index >= 15 is 0 Å². The van der Waals surface area contributed by atoms with Gasteiger partial charge in [-0.05, 0) is 82.5 Å². The third kappa shape index (κ3) is 3.52. The summed E-state index contributed by atoms with van der Waals surface area (Å²) in [5.41, 5.74) is 7.50. The first kappa shape index (κ1) is 14.0. The Hall–Kier alpha value is -0.470. The summed E-state index contributed by atoms with van der Waals surface area (Å²) >= 11 is 5.80. The summed E-state index contributed by atoms with van der Waals surface area (Å²) < 4.78 is 4.05. The molecule has 0 unspecified atom stereocenters. The molecule has 4 nitrogen and oxygen atoms in total. The predicted molar refractivity (Wildman–Crippen MR) is 83.8 cm³/mol. The highest BCUT2D eigenvalue weighted by Gasteiger charge is 2.04. The smallest absolute Gasteiger partial charge is 0.0831 e. The SMILES string of the molecule is NCCCCc1cn(-c2ccc(I)c(Br)c2)nn1. The van der Waals surface area contributed by atoms with Crippen molar-refractivity contribution in [2.24, 2.45) is 5.73 Å². The van der Waals surface area contributed by atoms with E-state index in [0.717, 1.165) is 41.7 Å². The lowest BCUT2D eigenvalue weighted by Gasteiger charge is -2.02. The van der Waals surface area contributed by atoms with Crippen molar-refractivity contribution >= 4 is 38.5 Å². The molecule has 2 N–H and O–H groups in total. The first-order chi connectivity index (χ1) is 8.70. The van der Waals surface area contributed by atoms with E-state index in [2.05, 4.69) is 54.9 Å².